The first-order valence-electron chi connectivity index (χ1n) is 11.5. The van der Waals surface area contributed by atoms with Crippen molar-refractivity contribution in [1.82, 2.24) is 9.97 Å². The predicted molar refractivity (Wildman–Crippen MR) is 127 cm³/mol. The van der Waals surface area contributed by atoms with E-state index in [1.807, 2.05) is 6.92 Å². The Morgan fingerprint density at radius 1 is 1.06 bits per heavy atom. The van der Waals surface area contributed by atoms with E-state index in [2.05, 4.69) is 27.5 Å². The molecule has 5 nitrogen and oxygen atoms in total. The van der Waals surface area contributed by atoms with Crippen LogP contribution in [0.25, 0.3) is 0 Å². The second-order valence-corrected chi connectivity index (χ2v) is 13.8. The number of nitrogens with one attached hydrogen (secondary N) is 2. The maximum absolute atomic E-state index is 13.8. The maximum atomic E-state index is 13.8. The third kappa shape index (κ3) is 5.71. The molecular formula is C24H32F3N4OP. The van der Waals surface area contributed by atoms with Gasteiger partial charge in [0.1, 0.15) is 18.5 Å². The second kappa shape index (κ2) is 8.61. The van der Waals surface area contributed by atoms with Crippen LogP contribution in [0.4, 0.5) is 30.6 Å². The Morgan fingerprint density at radius 2 is 1.67 bits per heavy atom. The molecule has 0 saturated heterocycles. The van der Waals surface area contributed by atoms with Gasteiger partial charge in [-0.2, -0.15) is 18.2 Å². The molecule has 33 heavy (non-hydrogen) atoms. The molecule has 2 bridgehead atoms. The minimum Gasteiger partial charge on any atom is -0.364 e. The smallest absolute Gasteiger partial charge is 0.364 e. The third-order valence-electron chi connectivity index (χ3n) is 6.88. The molecule has 2 saturated carbocycles. The van der Waals surface area contributed by atoms with E-state index in [4.69, 9.17) is 0 Å². The molecule has 2 unspecified atom stereocenters. The molecule has 2 fully saturated rings. The highest BCUT2D eigenvalue weighted by Gasteiger charge is 2.43. The molecular weight excluding hydrogens is 448 g/mol. The highest BCUT2D eigenvalue weighted by molar-refractivity contribution is 7.70. The van der Waals surface area contributed by atoms with Crippen LogP contribution < -0.4 is 15.9 Å². The molecule has 9 heteroatoms. The van der Waals surface area contributed by atoms with Gasteiger partial charge >= 0.3 is 6.18 Å². The lowest BCUT2D eigenvalue weighted by atomic mass is 9.62. The summed E-state index contributed by atoms with van der Waals surface area (Å²) in [5.74, 6) is 1.65. The molecule has 0 radical (unpaired) electrons. The quantitative estimate of drug-likeness (QED) is 0.478. The minimum atomic E-state index is -4.55. The normalized spacial score (nSPS) is 27.8. The van der Waals surface area contributed by atoms with E-state index in [1.54, 1.807) is 37.6 Å². The predicted octanol–water partition coefficient (Wildman–Crippen LogP) is 6.50. The van der Waals surface area contributed by atoms with Crippen LogP contribution in [0.2, 0.25) is 0 Å². The standard InChI is InChI=1S/C24H32F3N4OP/c1-15-9-16-11-17(10-15)13-23(2,12-16)31-21-20(24(25,26)27)14-28-22(30-21)29-18-5-7-19(8-6-18)33(3,4)32/h5-8,14-17H,9-13H2,1-4H3,(H2,28,29,30,31). The third-order valence-corrected chi connectivity index (χ3v) is 8.42. The first kappa shape index (κ1) is 24.1. The summed E-state index contributed by atoms with van der Waals surface area (Å²) in [7, 11) is -2.39. The van der Waals surface area contributed by atoms with Gasteiger partial charge < -0.3 is 15.2 Å². The summed E-state index contributed by atoms with van der Waals surface area (Å²) in [6.07, 6.45) is 1.41. The van der Waals surface area contributed by atoms with Crippen LogP contribution >= 0.6 is 7.14 Å². The number of halogens is 3. The van der Waals surface area contributed by atoms with Crippen molar-refractivity contribution in [3.8, 4) is 0 Å². The summed E-state index contributed by atoms with van der Waals surface area (Å²) in [6.45, 7) is 7.66. The Balaban J connectivity index is 1.59. The van der Waals surface area contributed by atoms with Gasteiger partial charge in [-0.05, 0) is 94.4 Å². The molecule has 1 aromatic heterocycles. The Morgan fingerprint density at radius 3 is 2.21 bits per heavy atom. The Kier molecular flexibility index (Phi) is 6.27. The van der Waals surface area contributed by atoms with Crippen molar-refractivity contribution < 1.29 is 17.7 Å². The van der Waals surface area contributed by atoms with Gasteiger partial charge in [-0.3, -0.25) is 0 Å². The highest BCUT2D eigenvalue weighted by Crippen LogP contribution is 2.48. The van der Waals surface area contributed by atoms with Crippen LogP contribution in [-0.2, 0) is 10.7 Å². The number of aromatic nitrogens is 2. The van der Waals surface area contributed by atoms with Gasteiger partial charge in [0.15, 0.2) is 0 Å². The van der Waals surface area contributed by atoms with Crippen molar-refractivity contribution in [3.63, 3.8) is 0 Å². The van der Waals surface area contributed by atoms with Gasteiger partial charge in [-0.1, -0.05) is 6.92 Å². The fraction of sp³-hybridized carbons (Fsp3) is 0.583. The molecule has 4 rings (SSSR count). The second-order valence-electron chi connectivity index (χ2n) is 10.6. The molecule has 1 heterocycles. The summed E-state index contributed by atoms with van der Waals surface area (Å²) in [5.41, 5.74) is -0.679. The van der Waals surface area contributed by atoms with Gasteiger partial charge in [0, 0.05) is 22.7 Å². The number of hydrogen-bond donors (Lipinski definition) is 2. The largest absolute Gasteiger partial charge is 0.421 e. The van der Waals surface area contributed by atoms with E-state index in [1.165, 1.54) is 6.42 Å². The Hall–Kier alpha value is -2.08. The maximum Gasteiger partial charge on any atom is 0.421 e. The molecule has 1 aromatic carbocycles. The van der Waals surface area contributed by atoms with Crippen molar-refractivity contribution in [3.05, 3.63) is 36.0 Å². The van der Waals surface area contributed by atoms with Crippen LogP contribution in [-0.4, -0.2) is 28.8 Å². The molecule has 0 spiro atoms. The Labute approximate surface area is 193 Å². The van der Waals surface area contributed by atoms with Crippen LogP contribution in [0.15, 0.2) is 30.5 Å². The molecule has 0 aliphatic heterocycles. The van der Waals surface area contributed by atoms with E-state index >= 15 is 0 Å². The molecule has 2 aliphatic carbocycles. The van der Waals surface area contributed by atoms with Crippen molar-refractivity contribution in [2.24, 2.45) is 17.8 Å². The molecule has 2 N–H and O–H groups in total. The van der Waals surface area contributed by atoms with Crippen molar-refractivity contribution in [2.75, 3.05) is 24.0 Å². The lowest BCUT2D eigenvalue weighted by Crippen LogP contribution is -2.46. The minimum absolute atomic E-state index is 0.0858. The number of nitrogens with zero attached hydrogens (tertiary/aromatic N) is 2. The van der Waals surface area contributed by atoms with Crippen LogP contribution in [0, 0.1) is 17.8 Å². The van der Waals surface area contributed by atoms with Gasteiger partial charge in [-0.15, -0.1) is 0 Å². The first-order valence-corrected chi connectivity index (χ1v) is 14.1. The van der Waals surface area contributed by atoms with E-state index in [-0.39, 0.29) is 11.8 Å². The van der Waals surface area contributed by atoms with Gasteiger partial charge in [0.2, 0.25) is 5.95 Å². The fourth-order valence-corrected chi connectivity index (χ4v) is 6.62. The first-order chi connectivity index (χ1) is 15.3. The zero-order chi connectivity index (χ0) is 24.0. The van der Waals surface area contributed by atoms with Crippen LogP contribution in [0.1, 0.15) is 51.5 Å². The molecule has 180 valence electrons. The van der Waals surface area contributed by atoms with Crippen molar-refractivity contribution in [2.45, 2.75) is 57.7 Å². The fourth-order valence-electron chi connectivity index (χ4n) is 5.75. The number of fused-ring (bicyclic) bond motifs is 2. The molecule has 2 aliphatic rings. The highest BCUT2D eigenvalue weighted by atomic mass is 31.2. The van der Waals surface area contributed by atoms with Gasteiger partial charge in [-0.25, -0.2) is 4.98 Å². The summed E-state index contributed by atoms with van der Waals surface area (Å²) >= 11 is 0. The number of rotatable bonds is 5. The molecule has 2 aromatic rings. The number of hydrogen-bond acceptors (Lipinski definition) is 5. The monoisotopic (exact) mass is 480 g/mol. The zero-order valence-electron chi connectivity index (χ0n) is 19.5. The lowest BCUT2D eigenvalue weighted by molar-refractivity contribution is -0.137. The average Bonchev–Trinajstić information content (AvgIpc) is 2.65. The zero-order valence-corrected chi connectivity index (χ0v) is 20.4. The van der Waals surface area contributed by atoms with Crippen molar-refractivity contribution in [1.29, 1.82) is 0 Å². The summed E-state index contributed by atoms with van der Waals surface area (Å²) in [6, 6.07) is 6.95. The van der Waals surface area contributed by atoms with E-state index < -0.39 is 24.4 Å². The summed E-state index contributed by atoms with van der Waals surface area (Å²) in [4.78, 5) is 8.16. The number of benzene rings is 1. The average molecular weight is 481 g/mol. The SMILES string of the molecule is CC1CC2CC(C1)CC(C)(Nc1nc(Nc3ccc(P(C)(C)=O)cc3)ncc1C(F)(F)F)C2. The van der Waals surface area contributed by atoms with Gasteiger partial charge in [0.25, 0.3) is 0 Å². The summed E-state index contributed by atoms with van der Waals surface area (Å²) < 4.78 is 53.5. The number of anilines is 3. The Bertz CT molecular complexity index is 1030. The van der Waals surface area contributed by atoms with Crippen molar-refractivity contribution >= 4 is 29.9 Å². The molecule has 2 atom stereocenters. The number of alkyl halides is 3. The van der Waals surface area contributed by atoms with Gasteiger partial charge in [0.05, 0.1) is 0 Å². The summed E-state index contributed by atoms with van der Waals surface area (Å²) in [5, 5.41) is 6.89. The van der Waals surface area contributed by atoms with Crippen LogP contribution in [0.3, 0.4) is 0 Å². The van der Waals surface area contributed by atoms with E-state index in [0.717, 1.165) is 37.2 Å². The van der Waals surface area contributed by atoms with E-state index in [0.29, 0.717) is 23.4 Å². The topological polar surface area (TPSA) is 66.9 Å². The van der Waals surface area contributed by atoms with Crippen LogP contribution in [0.5, 0.6) is 0 Å². The molecule has 0 amide bonds. The van der Waals surface area contributed by atoms with E-state index in [9.17, 15) is 17.7 Å². The lowest BCUT2D eigenvalue weighted by Gasteiger charge is -2.48.